The van der Waals surface area contributed by atoms with Gasteiger partial charge in [0.15, 0.2) is 0 Å². The average Bonchev–Trinajstić information content (AvgIpc) is 2.29. The molecule has 0 bridgehead atoms. The summed E-state index contributed by atoms with van der Waals surface area (Å²) in [6.45, 7) is 5.53. The molecule has 0 radical (unpaired) electrons. The lowest BCUT2D eigenvalue weighted by Gasteiger charge is -2.16. The maximum absolute atomic E-state index is 5.64. The topological polar surface area (TPSA) is 38.5 Å². The van der Waals surface area contributed by atoms with Crippen LogP contribution in [0.4, 0.5) is 0 Å². The minimum atomic E-state index is 0.726. The Balaban J connectivity index is 2.17. The van der Waals surface area contributed by atoms with E-state index in [-0.39, 0.29) is 0 Å². The van der Waals surface area contributed by atoms with E-state index in [0.717, 1.165) is 38.4 Å². The third-order valence-electron chi connectivity index (χ3n) is 2.51. The fourth-order valence-corrected chi connectivity index (χ4v) is 1.43. The number of nitrogens with zero attached hydrogens (tertiary/aromatic N) is 1. The third kappa shape index (κ3) is 5.14. The quantitative estimate of drug-likeness (QED) is 0.762. The Morgan fingerprint density at radius 1 is 1.19 bits per heavy atom. The van der Waals surface area contributed by atoms with Crippen LogP contribution in [0.5, 0.6) is 5.75 Å². The molecule has 16 heavy (non-hydrogen) atoms. The summed E-state index contributed by atoms with van der Waals surface area (Å²) < 4.78 is 5.64. The highest BCUT2D eigenvalue weighted by Crippen LogP contribution is 2.10. The zero-order valence-electron chi connectivity index (χ0n) is 10.3. The molecular formula is C13H22N2O. The number of aryl methyl sites for hydroxylation is 1. The Morgan fingerprint density at radius 2 is 1.88 bits per heavy atom. The van der Waals surface area contributed by atoms with E-state index in [2.05, 4.69) is 31.0 Å². The molecule has 3 heteroatoms. The first-order valence-corrected chi connectivity index (χ1v) is 5.80. The van der Waals surface area contributed by atoms with Crippen LogP contribution in [0, 0.1) is 6.92 Å². The van der Waals surface area contributed by atoms with Gasteiger partial charge in [-0.15, -0.1) is 0 Å². The summed E-state index contributed by atoms with van der Waals surface area (Å²) in [6, 6.07) is 8.14. The normalized spacial score (nSPS) is 10.8. The van der Waals surface area contributed by atoms with E-state index in [1.54, 1.807) is 0 Å². The molecule has 0 amide bonds. The highest BCUT2D eigenvalue weighted by atomic mass is 16.5. The number of nitrogens with two attached hydrogens (primary N) is 1. The lowest BCUT2D eigenvalue weighted by molar-refractivity contribution is 0.236. The van der Waals surface area contributed by atoms with Crippen LogP contribution in [-0.4, -0.2) is 38.2 Å². The molecule has 3 nitrogen and oxygen atoms in total. The van der Waals surface area contributed by atoms with Gasteiger partial charge in [-0.1, -0.05) is 17.7 Å². The van der Waals surface area contributed by atoms with Crippen LogP contribution in [0.15, 0.2) is 24.3 Å². The molecule has 0 aliphatic heterocycles. The maximum Gasteiger partial charge on any atom is 0.119 e. The van der Waals surface area contributed by atoms with Gasteiger partial charge in [-0.05, 0) is 45.6 Å². The first-order valence-electron chi connectivity index (χ1n) is 5.80. The van der Waals surface area contributed by atoms with Gasteiger partial charge in [0, 0.05) is 6.54 Å². The lowest BCUT2D eigenvalue weighted by Crippen LogP contribution is -2.26. The molecule has 0 fully saturated rings. The first-order chi connectivity index (χ1) is 7.72. The van der Waals surface area contributed by atoms with Crippen LogP contribution < -0.4 is 10.5 Å². The van der Waals surface area contributed by atoms with Crippen LogP contribution in [-0.2, 0) is 0 Å². The van der Waals surface area contributed by atoms with E-state index in [1.807, 2.05) is 12.1 Å². The SMILES string of the molecule is Cc1ccc(OCCN(C)CCCN)cc1. The van der Waals surface area contributed by atoms with Crippen molar-refractivity contribution >= 4 is 0 Å². The number of benzene rings is 1. The molecular weight excluding hydrogens is 200 g/mol. The second kappa shape index (κ2) is 7.25. The second-order valence-electron chi connectivity index (χ2n) is 4.11. The van der Waals surface area contributed by atoms with E-state index in [0.29, 0.717) is 0 Å². The summed E-state index contributed by atoms with van der Waals surface area (Å²) in [5, 5.41) is 0. The smallest absolute Gasteiger partial charge is 0.119 e. The van der Waals surface area contributed by atoms with Crippen LogP contribution in [0.3, 0.4) is 0 Å². The fraction of sp³-hybridized carbons (Fsp3) is 0.538. The molecule has 0 heterocycles. The molecule has 0 atom stereocenters. The monoisotopic (exact) mass is 222 g/mol. The molecule has 0 saturated carbocycles. The van der Waals surface area contributed by atoms with Gasteiger partial charge in [-0.2, -0.15) is 0 Å². The van der Waals surface area contributed by atoms with Gasteiger partial charge >= 0.3 is 0 Å². The minimum Gasteiger partial charge on any atom is -0.492 e. The zero-order valence-corrected chi connectivity index (χ0v) is 10.3. The molecule has 0 aliphatic carbocycles. The Kier molecular flexibility index (Phi) is 5.90. The minimum absolute atomic E-state index is 0.726. The Bertz CT molecular complexity index is 284. The highest BCUT2D eigenvalue weighted by Gasteiger charge is 1.98. The number of rotatable bonds is 7. The molecule has 0 aromatic heterocycles. The van der Waals surface area contributed by atoms with Crippen molar-refractivity contribution in [3.05, 3.63) is 29.8 Å². The number of hydrogen-bond donors (Lipinski definition) is 1. The van der Waals surface area contributed by atoms with Crippen molar-refractivity contribution < 1.29 is 4.74 Å². The van der Waals surface area contributed by atoms with Crippen LogP contribution in [0.1, 0.15) is 12.0 Å². The molecule has 1 aromatic rings. The van der Waals surface area contributed by atoms with Gasteiger partial charge in [0.05, 0.1) is 0 Å². The lowest BCUT2D eigenvalue weighted by atomic mass is 10.2. The first kappa shape index (κ1) is 13.0. The van der Waals surface area contributed by atoms with E-state index < -0.39 is 0 Å². The van der Waals surface area contributed by atoms with Crippen molar-refractivity contribution in [3.63, 3.8) is 0 Å². The maximum atomic E-state index is 5.64. The Labute approximate surface area is 98.2 Å². The van der Waals surface area contributed by atoms with Gasteiger partial charge in [0.1, 0.15) is 12.4 Å². The van der Waals surface area contributed by atoms with Gasteiger partial charge in [0.2, 0.25) is 0 Å². The summed E-state index contributed by atoms with van der Waals surface area (Å²) in [6.07, 6.45) is 1.04. The van der Waals surface area contributed by atoms with Crippen molar-refractivity contribution in [3.8, 4) is 5.75 Å². The summed E-state index contributed by atoms with van der Waals surface area (Å²) in [5.74, 6) is 0.942. The van der Waals surface area contributed by atoms with Crippen LogP contribution >= 0.6 is 0 Å². The number of likely N-dealkylation sites (N-methyl/N-ethyl adjacent to an activating group) is 1. The zero-order chi connectivity index (χ0) is 11.8. The van der Waals surface area contributed by atoms with Gasteiger partial charge < -0.3 is 15.4 Å². The van der Waals surface area contributed by atoms with Crippen molar-refractivity contribution in [2.75, 3.05) is 33.3 Å². The summed E-state index contributed by atoms with van der Waals surface area (Å²) in [5.41, 5.74) is 6.71. The summed E-state index contributed by atoms with van der Waals surface area (Å²) in [4.78, 5) is 2.24. The molecule has 0 unspecified atom stereocenters. The standard InChI is InChI=1S/C13H22N2O/c1-12-4-6-13(7-5-12)16-11-10-15(2)9-3-8-14/h4-7H,3,8-11,14H2,1-2H3. The van der Waals surface area contributed by atoms with Gasteiger partial charge in [-0.3, -0.25) is 0 Å². The second-order valence-corrected chi connectivity index (χ2v) is 4.11. The van der Waals surface area contributed by atoms with E-state index in [9.17, 15) is 0 Å². The Hall–Kier alpha value is -1.06. The fourth-order valence-electron chi connectivity index (χ4n) is 1.43. The molecule has 0 aliphatic rings. The van der Waals surface area contributed by atoms with Crippen LogP contribution in [0.25, 0.3) is 0 Å². The summed E-state index contributed by atoms with van der Waals surface area (Å²) in [7, 11) is 2.09. The van der Waals surface area contributed by atoms with Crippen molar-refractivity contribution in [1.29, 1.82) is 0 Å². The van der Waals surface area contributed by atoms with Crippen molar-refractivity contribution in [2.45, 2.75) is 13.3 Å². The third-order valence-corrected chi connectivity index (χ3v) is 2.51. The summed E-state index contributed by atoms with van der Waals surface area (Å²) >= 11 is 0. The van der Waals surface area contributed by atoms with Crippen molar-refractivity contribution in [1.82, 2.24) is 4.90 Å². The highest BCUT2D eigenvalue weighted by molar-refractivity contribution is 5.26. The van der Waals surface area contributed by atoms with E-state index >= 15 is 0 Å². The average molecular weight is 222 g/mol. The van der Waals surface area contributed by atoms with Crippen molar-refractivity contribution in [2.24, 2.45) is 5.73 Å². The van der Waals surface area contributed by atoms with Gasteiger partial charge in [-0.25, -0.2) is 0 Å². The van der Waals surface area contributed by atoms with E-state index in [4.69, 9.17) is 10.5 Å². The largest absolute Gasteiger partial charge is 0.492 e. The molecule has 1 aromatic carbocycles. The molecule has 2 N–H and O–H groups in total. The van der Waals surface area contributed by atoms with Gasteiger partial charge in [0.25, 0.3) is 0 Å². The van der Waals surface area contributed by atoms with E-state index in [1.165, 1.54) is 5.56 Å². The number of hydrogen-bond acceptors (Lipinski definition) is 3. The molecule has 0 spiro atoms. The van der Waals surface area contributed by atoms with Crippen LogP contribution in [0.2, 0.25) is 0 Å². The predicted molar refractivity (Wildman–Crippen MR) is 67.8 cm³/mol. The number of ether oxygens (including phenoxy) is 1. The molecule has 0 saturated heterocycles. The predicted octanol–water partition coefficient (Wildman–Crippen LogP) is 1.65. The Morgan fingerprint density at radius 3 is 2.50 bits per heavy atom. The molecule has 1 rings (SSSR count). The molecule has 90 valence electrons.